The van der Waals surface area contributed by atoms with Crippen molar-refractivity contribution in [1.82, 2.24) is 9.97 Å². The molecule has 0 saturated carbocycles. The van der Waals surface area contributed by atoms with Crippen molar-refractivity contribution in [3.05, 3.63) is 88.7 Å². The normalized spacial score (nSPS) is 16.8. The second-order valence-corrected chi connectivity index (χ2v) is 9.42. The molecule has 37 heavy (non-hydrogen) atoms. The van der Waals surface area contributed by atoms with Gasteiger partial charge in [0.1, 0.15) is 23.0 Å². The number of anilines is 1. The number of ketones is 1. The van der Waals surface area contributed by atoms with Gasteiger partial charge in [0.05, 0.1) is 23.4 Å². The maximum Gasteiger partial charge on any atom is 0.350 e. The Morgan fingerprint density at radius 1 is 1.24 bits per heavy atom. The molecule has 10 heteroatoms. The van der Waals surface area contributed by atoms with Crippen molar-refractivity contribution in [2.24, 2.45) is 0 Å². The first-order valence-electron chi connectivity index (χ1n) is 11.5. The van der Waals surface area contributed by atoms with Gasteiger partial charge in [-0.15, -0.1) is 0 Å². The molecule has 9 nitrogen and oxygen atoms in total. The molecule has 2 aromatic heterocycles. The second-order valence-electron chi connectivity index (χ2n) is 8.44. The fourth-order valence-corrected chi connectivity index (χ4v) is 4.86. The lowest BCUT2D eigenvalue weighted by Gasteiger charge is -2.22. The number of pyridine rings is 1. The summed E-state index contributed by atoms with van der Waals surface area (Å²) in [6, 6.07) is 8.93. The highest BCUT2D eigenvalue weighted by Crippen LogP contribution is 2.43. The number of benzene rings is 1. The number of nitrogens with zero attached hydrogens (tertiary/aromatic N) is 3. The summed E-state index contributed by atoms with van der Waals surface area (Å²) in [4.78, 5) is 49.0. The zero-order chi connectivity index (χ0) is 26.7. The Kier molecular flexibility index (Phi) is 7.49. The van der Waals surface area contributed by atoms with Crippen LogP contribution < -0.4 is 9.64 Å². The lowest BCUT2D eigenvalue weighted by Crippen LogP contribution is -2.29. The van der Waals surface area contributed by atoms with Crippen molar-refractivity contribution in [2.45, 2.75) is 32.9 Å². The smallest absolute Gasteiger partial charge is 0.350 e. The molecule has 3 aromatic rings. The topological polar surface area (TPSA) is 119 Å². The van der Waals surface area contributed by atoms with Gasteiger partial charge in [-0.05, 0) is 56.7 Å². The van der Waals surface area contributed by atoms with Crippen LogP contribution >= 0.6 is 11.3 Å². The van der Waals surface area contributed by atoms with E-state index in [-0.39, 0.29) is 34.1 Å². The molecule has 0 radical (unpaired) electrons. The summed E-state index contributed by atoms with van der Waals surface area (Å²) < 4.78 is 10.8. The number of Topliss-reactive ketones (excluding diaryl/α,β-unsaturated/α-hetero) is 1. The minimum absolute atomic E-state index is 0.0205. The van der Waals surface area contributed by atoms with E-state index in [1.807, 2.05) is 13.8 Å². The van der Waals surface area contributed by atoms with E-state index in [0.717, 1.165) is 11.3 Å². The van der Waals surface area contributed by atoms with Crippen LogP contribution in [-0.2, 0) is 14.3 Å². The number of aliphatic hydroxyl groups excluding tert-OH is 1. The van der Waals surface area contributed by atoms with Gasteiger partial charge in [-0.2, -0.15) is 0 Å². The average molecular weight is 520 g/mol. The molecule has 0 aliphatic carbocycles. The maximum absolute atomic E-state index is 13.3. The molecule has 1 saturated heterocycles. The van der Waals surface area contributed by atoms with Gasteiger partial charge in [0.25, 0.3) is 5.78 Å². The van der Waals surface area contributed by atoms with E-state index < -0.39 is 23.7 Å². The van der Waals surface area contributed by atoms with Crippen LogP contribution in [0.3, 0.4) is 0 Å². The maximum atomic E-state index is 13.3. The number of aliphatic hydroxyl groups is 1. The van der Waals surface area contributed by atoms with E-state index in [9.17, 15) is 19.5 Å². The number of ether oxygens (including phenoxy) is 2. The standard InChI is InChI=1S/C27H25N3O6S/c1-5-13-35-26(34)24-16(4)29-27(37-24)30-21(18-7-6-12-28-14-18)20(23(32)25(30)33)22(31)17-8-10-19(11-9-17)36-15(2)3/h5-12,14-15,21,31H,1,13H2,2-4H3/b22-20+. The van der Waals surface area contributed by atoms with E-state index in [1.54, 1.807) is 49.5 Å². The van der Waals surface area contributed by atoms with E-state index in [0.29, 0.717) is 22.6 Å². The SMILES string of the molecule is C=CCOC(=O)c1sc(N2C(=O)C(=O)/C(=C(/O)c3ccc(OC(C)C)cc3)C2c2cccnc2)nc1C. The van der Waals surface area contributed by atoms with Crippen molar-refractivity contribution in [3.63, 3.8) is 0 Å². The van der Waals surface area contributed by atoms with Gasteiger partial charge < -0.3 is 14.6 Å². The van der Waals surface area contributed by atoms with Crippen molar-refractivity contribution in [1.29, 1.82) is 0 Å². The van der Waals surface area contributed by atoms with Crippen LogP contribution in [0.5, 0.6) is 5.75 Å². The van der Waals surface area contributed by atoms with E-state index in [2.05, 4.69) is 16.5 Å². The van der Waals surface area contributed by atoms with Crippen LogP contribution in [-0.4, -0.2) is 45.4 Å². The van der Waals surface area contributed by atoms with Crippen molar-refractivity contribution < 1.29 is 29.0 Å². The Balaban J connectivity index is 1.82. The summed E-state index contributed by atoms with van der Waals surface area (Å²) in [6.45, 7) is 8.95. The quantitative estimate of drug-likeness (QED) is 0.151. The van der Waals surface area contributed by atoms with Crippen molar-refractivity contribution >= 4 is 39.9 Å². The molecule has 1 aliphatic heterocycles. The number of amides is 1. The third kappa shape index (κ3) is 5.14. The predicted octanol–water partition coefficient (Wildman–Crippen LogP) is 4.60. The van der Waals surface area contributed by atoms with Gasteiger partial charge in [-0.3, -0.25) is 19.5 Å². The first-order chi connectivity index (χ1) is 17.7. The highest BCUT2D eigenvalue weighted by molar-refractivity contribution is 7.17. The predicted molar refractivity (Wildman–Crippen MR) is 139 cm³/mol. The van der Waals surface area contributed by atoms with Gasteiger partial charge in [-0.25, -0.2) is 9.78 Å². The van der Waals surface area contributed by atoms with E-state index in [4.69, 9.17) is 9.47 Å². The van der Waals surface area contributed by atoms with Crippen molar-refractivity contribution in [3.8, 4) is 5.75 Å². The number of hydrogen-bond acceptors (Lipinski definition) is 9. The van der Waals surface area contributed by atoms with Gasteiger partial charge >= 0.3 is 11.9 Å². The number of thiazole rings is 1. The molecule has 1 N–H and O–H groups in total. The Labute approximate surface area is 217 Å². The van der Waals surface area contributed by atoms with Crippen LogP contribution in [0.2, 0.25) is 0 Å². The van der Waals surface area contributed by atoms with Crippen LogP contribution in [0.15, 0.2) is 67.0 Å². The summed E-state index contributed by atoms with van der Waals surface area (Å²) in [7, 11) is 0. The van der Waals surface area contributed by atoms with Crippen LogP contribution in [0.4, 0.5) is 5.13 Å². The molecule has 190 valence electrons. The summed E-state index contributed by atoms with van der Waals surface area (Å²) in [5.41, 5.74) is 1.07. The molecular formula is C27H25N3O6S. The minimum atomic E-state index is -1.01. The van der Waals surface area contributed by atoms with Gasteiger partial charge in [0.15, 0.2) is 5.13 Å². The third-order valence-electron chi connectivity index (χ3n) is 5.45. The number of hydrogen-bond donors (Lipinski definition) is 1. The number of aryl methyl sites for hydroxylation is 1. The highest BCUT2D eigenvalue weighted by atomic mass is 32.1. The first kappa shape index (κ1) is 25.8. The second kappa shape index (κ2) is 10.8. The fraction of sp³-hybridized carbons (Fsp3) is 0.222. The zero-order valence-corrected chi connectivity index (χ0v) is 21.3. The first-order valence-corrected chi connectivity index (χ1v) is 12.3. The Morgan fingerprint density at radius 2 is 1.97 bits per heavy atom. The Bertz CT molecular complexity index is 1380. The number of rotatable bonds is 8. The number of esters is 1. The van der Waals surface area contributed by atoms with Gasteiger partial charge in [0.2, 0.25) is 0 Å². The van der Waals surface area contributed by atoms with Gasteiger partial charge in [0, 0.05) is 18.0 Å². The molecule has 1 amide bonds. The lowest BCUT2D eigenvalue weighted by molar-refractivity contribution is -0.132. The fourth-order valence-electron chi connectivity index (χ4n) is 3.88. The Morgan fingerprint density at radius 3 is 2.59 bits per heavy atom. The molecule has 0 spiro atoms. The molecule has 1 aromatic carbocycles. The zero-order valence-electron chi connectivity index (χ0n) is 20.5. The molecule has 1 fully saturated rings. The average Bonchev–Trinajstić information content (AvgIpc) is 3.39. The van der Waals surface area contributed by atoms with E-state index >= 15 is 0 Å². The minimum Gasteiger partial charge on any atom is -0.507 e. The molecular weight excluding hydrogens is 494 g/mol. The summed E-state index contributed by atoms with van der Waals surface area (Å²) in [5.74, 6) is -2.11. The van der Waals surface area contributed by atoms with Crippen molar-refractivity contribution in [2.75, 3.05) is 11.5 Å². The largest absolute Gasteiger partial charge is 0.507 e. The van der Waals surface area contributed by atoms with Crippen LogP contribution in [0.1, 0.15) is 46.4 Å². The number of aromatic nitrogens is 2. The third-order valence-corrected chi connectivity index (χ3v) is 6.59. The monoisotopic (exact) mass is 519 g/mol. The molecule has 1 aliphatic rings. The van der Waals surface area contributed by atoms with Gasteiger partial charge in [-0.1, -0.05) is 30.1 Å². The highest BCUT2D eigenvalue weighted by Gasteiger charge is 2.48. The molecule has 0 bridgehead atoms. The summed E-state index contributed by atoms with van der Waals surface area (Å²) >= 11 is 0.928. The molecule has 3 heterocycles. The Hall–Kier alpha value is -4.31. The van der Waals surface area contributed by atoms with E-state index in [1.165, 1.54) is 17.2 Å². The summed E-state index contributed by atoms with van der Waals surface area (Å²) in [5, 5.41) is 11.4. The molecule has 1 unspecified atom stereocenters. The number of carbonyl (C=O) groups excluding carboxylic acids is 3. The lowest BCUT2D eigenvalue weighted by atomic mass is 9.96. The summed E-state index contributed by atoms with van der Waals surface area (Å²) in [6.07, 6.45) is 4.48. The molecule has 1 atom stereocenters. The van der Waals surface area contributed by atoms with Crippen LogP contribution in [0, 0.1) is 6.92 Å². The number of carbonyl (C=O) groups is 3. The van der Waals surface area contributed by atoms with Crippen LogP contribution in [0.25, 0.3) is 5.76 Å². The molecule has 4 rings (SSSR count).